The molecule has 0 aliphatic carbocycles. The molecule has 2 N–H and O–H groups in total. The summed E-state index contributed by atoms with van der Waals surface area (Å²) in [5, 5.41) is 11.4. The topological polar surface area (TPSA) is 86.7 Å². The summed E-state index contributed by atoms with van der Waals surface area (Å²) in [4.78, 5) is 36.3. The molecule has 6 heteroatoms. The minimum absolute atomic E-state index is 0.204. The first-order valence-corrected chi connectivity index (χ1v) is 7.96. The van der Waals surface area contributed by atoms with E-state index in [0.29, 0.717) is 25.7 Å². The maximum atomic E-state index is 11.9. The van der Waals surface area contributed by atoms with E-state index in [1.54, 1.807) is 0 Å². The van der Waals surface area contributed by atoms with Gasteiger partial charge >= 0.3 is 5.97 Å². The number of rotatable bonds is 3. The Morgan fingerprint density at radius 2 is 1.74 bits per heavy atom. The number of carboxylic acid groups (broad SMARTS) is 1. The van der Waals surface area contributed by atoms with Crippen molar-refractivity contribution in [1.82, 2.24) is 5.32 Å². The van der Waals surface area contributed by atoms with Crippen molar-refractivity contribution in [2.24, 2.45) is 5.92 Å². The summed E-state index contributed by atoms with van der Waals surface area (Å²) in [6.45, 7) is 1.46. The Balaban J connectivity index is 1.65. The van der Waals surface area contributed by atoms with Gasteiger partial charge in [0.15, 0.2) is 0 Å². The highest BCUT2D eigenvalue weighted by Crippen LogP contribution is 2.28. The highest BCUT2D eigenvalue weighted by atomic mass is 16.4. The van der Waals surface area contributed by atoms with Gasteiger partial charge in [0.1, 0.15) is 0 Å². The normalized spacial score (nSPS) is 22.8. The number of carboxylic acids is 1. The van der Waals surface area contributed by atoms with E-state index in [4.69, 9.17) is 5.11 Å². The van der Waals surface area contributed by atoms with E-state index in [2.05, 4.69) is 10.2 Å². The number of nitrogens with zero attached hydrogens (tertiary/aromatic N) is 1. The highest BCUT2D eigenvalue weighted by molar-refractivity contribution is 6.00. The van der Waals surface area contributed by atoms with Crippen LogP contribution in [0.25, 0.3) is 0 Å². The van der Waals surface area contributed by atoms with Gasteiger partial charge in [0.25, 0.3) is 0 Å². The third-order valence-electron chi connectivity index (χ3n) is 4.74. The number of piperidine rings is 2. The summed E-state index contributed by atoms with van der Waals surface area (Å²) in [7, 11) is 0. The zero-order valence-corrected chi connectivity index (χ0v) is 12.8. The van der Waals surface area contributed by atoms with Crippen molar-refractivity contribution in [3.8, 4) is 0 Å². The third-order valence-corrected chi connectivity index (χ3v) is 4.74. The average molecular weight is 316 g/mol. The lowest BCUT2D eigenvalue weighted by Crippen LogP contribution is -2.39. The summed E-state index contributed by atoms with van der Waals surface area (Å²) >= 11 is 0. The molecule has 1 atom stereocenters. The lowest BCUT2D eigenvalue weighted by molar-refractivity contribution is -0.142. The zero-order valence-electron chi connectivity index (χ0n) is 12.8. The summed E-state index contributed by atoms with van der Waals surface area (Å²) in [6.07, 6.45) is 2.24. The Labute approximate surface area is 134 Å². The first-order chi connectivity index (χ1) is 11.0. The molecule has 2 aliphatic rings. The van der Waals surface area contributed by atoms with E-state index in [9.17, 15) is 14.4 Å². The van der Waals surface area contributed by atoms with Crippen LogP contribution in [0.15, 0.2) is 24.3 Å². The van der Waals surface area contributed by atoms with E-state index in [1.807, 2.05) is 24.3 Å². The number of carbonyl (C=O) groups is 3. The minimum atomic E-state index is -0.710. The fourth-order valence-electron chi connectivity index (χ4n) is 3.31. The zero-order chi connectivity index (χ0) is 16.4. The summed E-state index contributed by atoms with van der Waals surface area (Å²) in [6, 6.07) is 7.80. The maximum Gasteiger partial charge on any atom is 0.306 e. The van der Waals surface area contributed by atoms with Crippen molar-refractivity contribution in [2.75, 3.05) is 18.0 Å². The van der Waals surface area contributed by atoms with E-state index >= 15 is 0 Å². The molecule has 6 nitrogen and oxygen atoms in total. The molecule has 2 aliphatic heterocycles. The number of hydrogen-bond donors (Lipinski definition) is 2. The molecule has 1 unspecified atom stereocenters. The second-order valence-electron chi connectivity index (χ2n) is 6.19. The molecule has 2 amide bonds. The Hall–Kier alpha value is -2.37. The van der Waals surface area contributed by atoms with E-state index in [-0.39, 0.29) is 23.7 Å². The molecule has 122 valence electrons. The fourth-order valence-corrected chi connectivity index (χ4v) is 3.31. The second kappa shape index (κ2) is 6.40. The smallest absolute Gasteiger partial charge is 0.306 e. The molecular weight excluding hydrogens is 296 g/mol. The first-order valence-electron chi connectivity index (χ1n) is 7.96. The van der Waals surface area contributed by atoms with Crippen LogP contribution in [0, 0.1) is 5.92 Å². The molecule has 2 fully saturated rings. The molecule has 0 radical (unpaired) electrons. The van der Waals surface area contributed by atoms with Crippen molar-refractivity contribution >= 4 is 23.5 Å². The van der Waals surface area contributed by atoms with Gasteiger partial charge in [0.05, 0.1) is 11.8 Å². The number of amides is 2. The Morgan fingerprint density at radius 1 is 1.09 bits per heavy atom. The van der Waals surface area contributed by atoms with Crippen LogP contribution in [0.4, 0.5) is 5.69 Å². The number of nitrogens with one attached hydrogen (secondary N) is 1. The van der Waals surface area contributed by atoms with Crippen LogP contribution >= 0.6 is 0 Å². The SMILES string of the molecule is O=C1CCC(c2ccc(N3CCC(C(=O)O)CC3)cc2)C(=O)N1. The molecule has 0 spiro atoms. The van der Waals surface area contributed by atoms with Gasteiger partial charge in [-0.05, 0) is 37.0 Å². The first kappa shape index (κ1) is 15.5. The van der Waals surface area contributed by atoms with E-state index in [0.717, 1.165) is 24.3 Å². The predicted molar refractivity (Wildman–Crippen MR) is 84.1 cm³/mol. The van der Waals surface area contributed by atoms with Crippen molar-refractivity contribution in [3.63, 3.8) is 0 Å². The second-order valence-corrected chi connectivity index (χ2v) is 6.19. The Kier molecular flexibility index (Phi) is 4.32. The molecule has 0 saturated carbocycles. The van der Waals surface area contributed by atoms with Crippen LogP contribution < -0.4 is 10.2 Å². The van der Waals surface area contributed by atoms with Crippen molar-refractivity contribution < 1.29 is 19.5 Å². The molecule has 2 heterocycles. The van der Waals surface area contributed by atoms with E-state index < -0.39 is 5.97 Å². The minimum Gasteiger partial charge on any atom is -0.481 e. The predicted octanol–water partition coefficient (Wildman–Crippen LogP) is 1.51. The van der Waals surface area contributed by atoms with Crippen LogP contribution in [0.3, 0.4) is 0 Å². The van der Waals surface area contributed by atoms with Crippen molar-refractivity contribution in [1.29, 1.82) is 0 Å². The van der Waals surface area contributed by atoms with Gasteiger partial charge in [-0.3, -0.25) is 19.7 Å². The number of carbonyl (C=O) groups excluding carboxylic acids is 2. The van der Waals surface area contributed by atoms with Gasteiger partial charge in [-0.15, -0.1) is 0 Å². The van der Waals surface area contributed by atoms with Crippen LogP contribution in [-0.2, 0) is 14.4 Å². The molecule has 0 bridgehead atoms. The van der Waals surface area contributed by atoms with Crippen molar-refractivity contribution in [3.05, 3.63) is 29.8 Å². The van der Waals surface area contributed by atoms with Crippen LogP contribution in [0.1, 0.15) is 37.2 Å². The largest absolute Gasteiger partial charge is 0.481 e. The number of anilines is 1. The standard InChI is InChI=1S/C17H20N2O4/c20-15-6-5-14(16(21)18-15)11-1-3-13(4-2-11)19-9-7-12(8-10-19)17(22)23/h1-4,12,14H,5-10H2,(H,22,23)(H,18,20,21). The Morgan fingerprint density at radius 3 is 2.30 bits per heavy atom. The lowest BCUT2D eigenvalue weighted by atomic mass is 9.90. The van der Waals surface area contributed by atoms with Gasteiger partial charge in [-0.25, -0.2) is 0 Å². The van der Waals surface area contributed by atoms with Crippen molar-refractivity contribution in [2.45, 2.75) is 31.6 Å². The van der Waals surface area contributed by atoms with Gasteiger partial charge in [-0.1, -0.05) is 12.1 Å². The molecule has 1 aromatic rings. The number of imide groups is 1. The van der Waals surface area contributed by atoms with Crippen LogP contribution in [0.2, 0.25) is 0 Å². The monoisotopic (exact) mass is 316 g/mol. The molecule has 1 aromatic carbocycles. The molecule has 3 rings (SSSR count). The maximum absolute atomic E-state index is 11.9. The summed E-state index contributed by atoms with van der Waals surface area (Å²) < 4.78 is 0. The quantitative estimate of drug-likeness (QED) is 0.825. The molecule has 2 saturated heterocycles. The highest BCUT2D eigenvalue weighted by Gasteiger charge is 2.28. The van der Waals surface area contributed by atoms with Gasteiger partial charge < -0.3 is 10.0 Å². The lowest BCUT2D eigenvalue weighted by Gasteiger charge is -2.32. The fraction of sp³-hybridized carbons (Fsp3) is 0.471. The van der Waals surface area contributed by atoms with Gasteiger partial charge in [0.2, 0.25) is 11.8 Å². The molecule has 23 heavy (non-hydrogen) atoms. The Bertz CT molecular complexity index is 618. The molecular formula is C17H20N2O4. The number of aliphatic carboxylic acids is 1. The number of hydrogen-bond acceptors (Lipinski definition) is 4. The van der Waals surface area contributed by atoms with Crippen LogP contribution in [0.5, 0.6) is 0 Å². The third kappa shape index (κ3) is 3.36. The average Bonchev–Trinajstić information content (AvgIpc) is 2.55. The molecule has 0 aromatic heterocycles. The van der Waals surface area contributed by atoms with Gasteiger partial charge in [0, 0.05) is 25.2 Å². The summed E-state index contributed by atoms with van der Waals surface area (Å²) in [5.41, 5.74) is 1.96. The van der Waals surface area contributed by atoms with E-state index in [1.165, 1.54) is 0 Å². The van der Waals surface area contributed by atoms with Crippen LogP contribution in [-0.4, -0.2) is 36.0 Å². The number of benzene rings is 1. The van der Waals surface area contributed by atoms with Gasteiger partial charge in [-0.2, -0.15) is 0 Å². The summed E-state index contributed by atoms with van der Waals surface area (Å²) in [5.74, 6) is -1.65.